The van der Waals surface area contributed by atoms with Crippen molar-refractivity contribution in [3.63, 3.8) is 0 Å². The van der Waals surface area contributed by atoms with Crippen molar-refractivity contribution in [2.24, 2.45) is 0 Å². The van der Waals surface area contributed by atoms with Crippen molar-refractivity contribution in [3.05, 3.63) is 48.5 Å². The summed E-state index contributed by atoms with van der Waals surface area (Å²) >= 11 is 0. The lowest BCUT2D eigenvalue weighted by molar-refractivity contribution is -0.124. The second-order valence-corrected chi connectivity index (χ2v) is 7.16. The van der Waals surface area contributed by atoms with Gasteiger partial charge in [-0.2, -0.15) is 0 Å². The number of urea groups is 1. The van der Waals surface area contributed by atoms with Gasteiger partial charge in [0.1, 0.15) is 17.5 Å². The van der Waals surface area contributed by atoms with Crippen LogP contribution in [0.1, 0.15) is 20.3 Å². The van der Waals surface area contributed by atoms with Gasteiger partial charge in [0, 0.05) is 17.8 Å². The number of amides is 4. The number of nitrogens with one attached hydrogen (secondary N) is 1. The fourth-order valence-corrected chi connectivity index (χ4v) is 3.43. The fraction of sp³-hybridized carbons (Fsp3) is 0.318. The zero-order valence-electron chi connectivity index (χ0n) is 17.4. The molecule has 1 unspecified atom stereocenters. The number of rotatable bonds is 7. The van der Waals surface area contributed by atoms with Crippen molar-refractivity contribution in [1.29, 1.82) is 0 Å². The minimum atomic E-state index is -0.887. The van der Waals surface area contributed by atoms with Crippen LogP contribution in [-0.4, -0.2) is 49.0 Å². The lowest BCUT2D eigenvalue weighted by atomic mass is 10.1. The fourth-order valence-electron chi connectivity index (χ4n) is 3.43. The maximum Gasteiger partial charge on any atom is 0.332 e. The average molecular weight is 411 g/mol. The van der Waals surface area contributed by atoms with E-state index in [0.717, 1.165) is 4.90 Å². The number of benzene rings is 2. The SMILES string of the molecule is COc1ccc(NC(=O)CC2C(=O)N(c3cccc(OC)c3)C(=O)N2C(C)C)cc1. The maximum absolute atomic E-state index is 13.1. The van der Waals surface area contributed by atoms with E-state index in [1.807, 2.05) is 13.8 Å². The molecule has 0 aliphatic carbocycles. The average Bonchev–Trinajstić information content (AvgIpc) is 2.98. The van der Waals surface area contributed by atoms with Crippen LogP contribution in [0.25, 0.3) is 0 Å². The quantitative estimate of drug-likeness (QED) is 0.707. The topological polar surface area (TPSA) is 88.2 Å². The number of imide groups is 1. The van der Waals surface area contributed by atoms with Gasteiger partial charge >= 0.3 is 6.03 Å². The van der Waals surface area contributed by atoms with Crippen LogP contribution in [-0.2, 0) is 9.59 Å². The molecule has 0 bridgehead atoms. The largest absolute Gasteiger partial charge is 0.497 e. The monoisotopic (exact) mass is 411 g/mol. The van der Waals surface area contributed by atoms with Gasteiger partial charge in [0.25, 0.3) is 5.91 Å². The second-order valence-electron chi connectivity index (χ2n) is 7.16. The van der Waals surface area contributed by atoms with Crippen LogP contribution >= 0.6 is 0 Å². The molecule has 1 heterocycles. The van der Waals surface area contributed by atoms with Gasteiger partial charge in [0.05, 0.1) is 26.3 Å². The van der Waals surface area contributed by atoms with Crippen molar-refractivity contribution in [3.8, 4) is 11.5 Å². The van der Waals surface area contributed by atoms with Crippen LogP contribution in [0.2, 0.25) is 0 Å². The summed E-state index contributed by atoms with van der Waals surface area (Å²) in [4.78, 5) is 41.3. The van der Waals surface area contributed by atoms with Gasteiger partial charge in [-0.3, -0.25) is 9.59 Å². The van der Waals surface area contributed by atoms with E-state index in [0.29, 0.717) is 22.9 Å². The third-order valence-corrected chi connectivity index (χ3v) is 4.87. The Balaban J connectivity index is 1.80. The molecular weight excluding hydrogens is 386 g/mol. The van der Waals surface area contributed by atoms with E-state index in [-0.39, 0.29) is 18.4 Å². The first-order chi connectivity index (χ1) is 14.3. The highest BCUT2D eigenvalue weighted by atomic mass is 16.5. The smallest absolute Gasteiger partial charge is 0.332 e. The molecule has 8 nitrogen and oxygen atoms in total. The standard InChI is InChI=1S/C22H25N3O5/c1-14(2)24-19(13-20(26)23-15-8-10-17(29-3)11-9-15)21(27)25(22(24)28)16-6-5-7-18(12-16)30-4/h5-12,14,19H,13H2,1-4H3,(H,23,26). The van der Waals surface area contributed by atoms with Crippen LogP contribution in [0.3, 0.4) is 0 Å². The number of nitrogens with zero attached hydrogens (tertiary/aromatic N) is 2. The Labute approximate surface area is 175 Å². The minimum Gasteiger partial charge on any atom is -0.497 e. The number of anilines is 2. The Morgan fingerprint density at radius 2 is 1.70 bits per heavy atom. The molecule has 1 fully saturated rings. The van der Waals surface area contributed by atoms with Crippen LogP contribution in [0.15, 0.2) is 48.5 Å². The molecule has 0 radical (unpaired) electrons. The third-order valence-electron chi connectivity index (χ3n) is 4.87. The van der Waals surface area contributed by atoms with Crippen LogP contribution in [0, 0.1) is 0 Å². The van der Waals surface area contributed by atoms with E-state index in [1.54, 1.807) is 55.6 Å². The normalized spacial score (nSPS) is 16.2. The highest BCUT2D eigenvalue weighted by Crippen LogP contribution is 2.30. The first-order valence-electron chi connectivity index (χ1n) is 9.60. The van der Waals surface area contributed by atoms with Gasteiger partial charge in [-0.1, -0.05) is 6.07 Å². The molecule has 1 saturated heterocycles. The van der Waals surface area contributed by atoms with E-state index in [4.69, 9.17) is 9.47 Å². The van der Waals surface area contributed by atoms with E-state index in [1.165, 1.54) is 12.0 Å². The number of ether oxygens (including phenoxy) is 2. The van der Waals surface area contributed by atoms with E-state index < -0.39 is 18.0 Å². The molecule has 3 rings (SSSR count). The van der Waals surface area contributed by atoms with Crippen molar-refractivity contribution in [2.45, 2.75) is 32.4 Å². The number of carbonyl (C=O) groups excluding carboxylic acids is 3. The molecule has 1 atom stereocenters. The first-order valence-corrected chi connectivity index (χ1v) is 9.60. The first kappa shape index (κ1) is 21.2. The summed E-state index contributed by atoms with van der Waals surface area (Å²) in [7, 11) is 3.07. The molecule has 1 aliphatic rings. The Morgan fingerprint density at radius 1 is 1.03 bits per heavy atom. The van der Waals surface area contributed by atoms with E-state index in [9.17, 15) is 14.4 Å². The molecule has 0 aromatic heterocycles. The molecule has 2 aromatic rings. The summed E-state index contributed by atoms with van der Waals surface area (Å²) in [5.74, 6) is 0.408. The maximum atomic E-state index is 13.1. The number of hydrogen-bond donors (Lipinski definition) is 1. The molecule has 0 spiro atoms. The Morgan fingerprint density at radius 3 is 2.30 bits per heavy atom. The minimum absolute atomic E-state index is 0.144. The molecule has 4 amide bonds. The Bertz CT molecular complexity index is 942. The highest BCUT2D eigenvalue weighted by molar-refractivity contribution is 6.22. The predicted molar refractivity (Wildman–Crippen MR) is 113 cm³/mol. The van der Waals surface area contributed by atoms with Gasteiger partial charge in [-0.05, 0) is 50.2 Å². The molecule has 158 valence electrons. The van der Waals surface area contributed by atoms with E-state index in [2.05, 4.69) is 5.32 Å². The molecule has 1 aliphatic heterocycles. The predicted octanol–water partition coefficient (Wildman–Crippen LogP) is 3.28. The van der Waals surface area contributed by atoms with Crippen LogP contribution in [0.4, 0.5) is 16.2 Å². The summed E-state index contributed by atoms with van der Waals surface area (Å²) in [5.41, 5.74) is 0.992. The van der Waals surface area contributed by atoms with Crippen molar-refractivity contribution in [1.82, 2.24) is 4.90 Å². The van der Waals surface area contributed by atoms with Crippen molar-refractivity contribution in [2.75, 3.05) is 24.4 Å². The van der Waals surface area contributed by atoms with Crippen LogP contribution < -0.4 is 19.7 Å². The van der Waals surface area contributed by atoms with E-state index >= 15 is 0 Å². The zero-order valence-corrected chi connectivity index (χ0v) is 17.4. The van der Waals surface area contributed by atoms with Gasteiger partial charge in [-0.15, -0.1) is 0 Å². The summed E-state index contributed by atoms with van der Waals surface area (Å²) in [6.07, 6.45) is -0.144. The summed E-state index contributed by atoms with van der Waals surface area (Å²) < 4.78 is 10.3. The summed E-state index contributed by atoms with van der Waals surface area (Å²) in [6.45, 7) is 3.63. The Hall–Kier alpha value is -3.55. The van der Waals surface area contributed by atoms with Gasteiger partial charge in [0.15, 0.2) is 0 Å². The lowest BCUT2D eigenvalue weighted by Gasteiger charge is -2.25. The Kier molecular flexibility index (Phi) is 6.25. The molecule has 30 heavy (non-hydrogen) atoms. The highest BCUT2D eigenvalue weighted by Gasteiger charge is 2.47. The zero-order chi connectivity index (χ0) is 21.8. The number of methoxy groups -OCH3 is 2. The number of carbonyl (C=O) groups is 3. The van der Waals surface area contributed by atoms with Gasteiger partial charge in [-0.25, -0.2) is 9.69 Å². The molecule has 8 heteroatoms. The van der Waals surface area contributed by atoms with Crippen LogP contribution in [0.5, 0.6) is 11.5 Å². The second kappa shape index (κ2) is 8.86. The third kappa shape index (κ3) is 4.22. The molecular formula is C22H25N3O5. The molecule has 2 aromatic carbocycles. The van der Waals surface area contributed by atoms with Crippen molar-refractivity contribution < 1.29 is 23.9 Å². The summed E-state index contributed by atoms with van der Waals surface area (Å²) in [5, 5.41) is 2.76. The molecule has 1 N–H and O–H groups in total. The number of hydrogen-bond acceptors (Lipinski definition) is 5. The lowest BCUT2D eigenvalue weighted by Crippen LogP contribution is -2.42. The van der Waals surface area contributed by atoms with Gasteiger partial charge in [0.2, 0.25) is 5.91 Å². The molecule has 0 saturated carbocycles. The van der Waals surface area contributed by atoms with Crippen molar-refractivity contribution >= 4 is 29.2 Å². The van der Waals surface area contributed by atoms with Gasteiger partial charge < -0.3 is 19.7 Å². The summed E-state index contributed by atoms with van der Waals surface area (Å²) in [6, 6.07) is 12.0.